The number of benzene rings is 1. The van der Waals surface area contributed by atoms with E-state index in [1.165, 1.54) is 17.9 Å². The summed E-state index contributed by atoms with van der Waals surface area (Å²) in [6.07, 6.45) is 2.87. The van der Waals surface area contributed by atoms with Crippen molar-refractivity contribution in [3.63, 3.8) is 0 Å². The predicted octanol–water partition coefficient (Wildman–Crippen LogP) is 2.83. The lowest BCUT2D eigenvalue weighted by molar-refractivity contribution is -0.132. The maximum Gasteiger partial charge on any atom is 0.262 e. The minimum Gasteiger partial charge on any atom is -0.509 e. The molecular formula is C20H20N2O3. The van der Waals surface area contributed by atoms with Crippen molar-refractivity contribution < 1.29 is 14.7 Å². The predicted molar refractivity (Wildman–Crippen MR) is 93.3 cm³/mol. The van der Waals surface area contributed by atoms with Gasteiger partial charge < -0.3 is 15.0 Å². The molecule has 5 heteroatoms. The van der Waals surface area contributed by atoms with E-state index in [2.05, 4.69) is 37.0 Å². The van der Waals surface area contributed by atoms with E-state index in [0.29, 0.717) is 0 Å². The number of aliphatic hydroxyl groups is 1. The number of fused-ring (bicyclic) bond motifs is 4. The maximum atomic E-state index is 12.9. The summed E-state index contributed by atoms with van der Waals surface area (Å²) in [5.41, 5.74) is 3.04. The van der Waals surface area contributed by atoms with Crippen LogP contribution < -0.4 is 0 Å². The van der Waals surface area contributed by atoms with Gasteiger partial charge in [-0.1, -0.05) is 12.1 Å². The highest BCUT2D eigenvalue weighted by molar-refractivity contribution is 6.21. The summed E-state index contributed by atoms with van der Waals surface area (Å²) in [6, 6.07) is 5.81. The van der Waals surface area contributed by atoms with Gasteiger partial charge in [0.25, 0.3) is 5.91 Å². The van der Waals surface area contributed by atoms with E-state index >= 15 is 0 Å². The average Bonchev–Trinajstić information content (AvgIpc) is 3.14. The molecule has 1 amide bonds. The van der Waals surface area contributed by atoms with Crippen molar-refractivity contribution in [2.75, 3.05) is 0 Å². The van der Waals surface area contributed by atoms with E-state index in [9.17, 15) is 14.7 Å². The van der Waals surface area contributed by atoms with Gasteiger partial charge in [0.1, 0.15) is 11.3 Å². The summed E-state index contributed by atoms with van der Waals surface area (Å²) in [6.45, 7) is 5.45. The number of nitrogens with zero attached hydrogens (tertiary/aromatic N) is 1. The van der Waals surface area contributed by atoms with Crippen LogP contribution in [-0.4, -0.2) is 38.3 Å². The molecule has 0 bridgehead atoms. The molecule has 3 heterocycles. The lowest BCUT2D eigenvalue weighted by Crippen LogP contribution is -2.47. The number of aromatic nitrogens is 1. The van der Waals surface area contributed by atoms with E-state index in [1.807, 2.05) is 6.20 Å². The summed E-state index contributed by atoms with van der Waals surface area (Å²) in [7, 11) is 0. The van der Waals surface area contributed by atoms with Gasteiger partial charge in [-0.3, -0.25) is 9.59 Å². The third-order valence-electron chi connectivity index (χ3n) is 6.52. The molecule has 0 unspecified atom stereocenters. The highest BCUT2D eigenvalue weighted by Crippen LogP contribution is 2.58. The Kier molecular flexibility index (Phi) is 2.56. The zero-order valence-electron chi connectivity index (χ0n) is 14.5. The molecule has 0 radical (unpaired) electrons. The minimum absolute atomic E-state index is 0.000509. The number of aliphatic hydroxyl groups excluding tert-OH is 1. The van der Waals surface area contributed by atoms with Crippen LogP contribution >= 0.6 is 0 Å². The maximum absolute atomic E-state index is 12.9. The van der Waals surface area contributed by atoms with Gasteiger partial charge in [0.15, 0.2) is 5.78 Å². The molecule has 0 spiro atoms. The van der Waals surface area contributed by atoms with Crippen LogP contribution in [0.3, 0.4) is 0 Å². The van der Waals surface area contributed by atoms with Crippen LogP contribution in [-0.2, 0) is 16.0 Å². The molecule has 25 heavy (non-hydrogen) atoms. The van der Waals surface area contributed by atoms with Crippen LogP contribution in [0.4, 0.5) is 0 Å². The normalized spacial score (nSPS) is 29.3. The number of aromatic amines is 1. The van der Waals surface area contributed by atoms with Gasteiger partial charge in [0.05, 0.1) is 6.04 Å². The molecule has 3 aliphatic rings. The van der Waals surface area contributed by atoms with Gasteiger partial charge in [-0.05, 0) is 50.3 Å². The van der Waals surface area contributed by atoms with Gasteiger partial charge in [0.2, 0.25) is 0 Å². The summed E-state index contributed by atoms with van der Waals surface area (Å²) in [5.74, 6) is -0.540. The molecule has 2 aromatic rings. The topological polar surface area (TPSA) is 73.4 Å². The summed E-state index contributed by atoms with van der Waals surface area (Å²) < 4.78 is 0. The molecular weight excluding hydrogens is 316 g/mol. The third-order valence-corrected chi connectivity index (χ3v) is 6.52. The molecule has 2 aliphatic heterocycles. The smallest absolute Gasteiger partial charge is 0.262 e. The first kappa shape index (κ1) is 14.8. The number of hydrogen-bond acceptors (Lipinski definition) is 3. The van der Waals surface area contributed by atoms with Crippen molar-refractivity contribution in [3.8, 4) is 0 Å². The molecule has 0 saturated carbocycles. The lowest BCUT2D eigenvalue weighted by Gasteiger charge is -2.37. The first-order valence-electron chi connectivity index (χ1n) is 8.70. The zero-order chi connectivity index (χ0) is 17.7. The number of ketones is 1. The van der Waals surface area contributed by atoms with E-state index in [4.69, 9.17) is 0 Å². The number of carbonyl (C=O) groups is 2. The number of hydrogen-bond donors (Lipinski definition) is 2. The Labute approximate surface area is 145 Å². The van der Waals surface area contributed by atoms with Crippen LogP contribution in [0.2, 0.25) is 0 Å². The van der Waals surface area contributed by atoms with E-state index in [0.717, 1.165) is 17.5 Å². The van der Waals surface area contributed by atoms with Crippen LogP contribution in [0.25, 0.3) is 10.9 Å². The van der Waals surface area contributed by atoms with Crippen LogP contribution in [0.1, 0.15) is 37.8 Å². The molecule has 1 aliphatic carbocycles. The first-order chi connectivity index (χ1) is 11.8. The average molecular weight is 336 g/mol. The van der Waals surface area contributed by atoms with E-state index in [-0.39, 0.29) is 34.9 Å². The highest BCUT2D eigenvalue weighted by atomic mass is 16.3. The molecule has 1 fully saturated rings. The second kappa shape index (κ2) is 4.34. The highest BCUT2D eigenvalue weighted by Gasteiger charge is 2.63. The Morgan fingerprint density at radius 2 is 2.12 bits per heavy atom. The quantitative estimate of drug-likeness (QED) is 0.787. The largest absolute Gasteiger partial charge is 0.509 e. The van der Waals surface area contributed by atoms with Crippen molar-refractivity contribution in [2.24, 2.45) is 5.92 Å². The summed E-state index contributed by atoms with van der Waals surface area (Å²) >= 11 is 0. The number of carbonyl (C=O) groups excluding carboxylic acids is 2. The van der Waals surface area contributed by atoms with Crippen LogP contribution in [0.5, 0.6) is 0 Å². The fourth-order valence-corrected chi connectivity index (χ4v) is 5.47. The Morgan fingerprint density at radius 3 is 2.84 bits per heavy atom. The Balaban J connectivity index is 1.78. The monoisotopic (exact) mass is 336 g/mol. The SMILES string of the molecule is CC(=O)C1=C(O)[C@H]2[C@H]3c4c[nH]c5cccc(c45)C[C@@H]3C(C)(C)N2C1=O. The van der Waals surface area contributed by atoms with E-state index in [1.54, 1.807) is 4.90 Å². The Bertz CT molecular complexity index is 998. The van der Waals surface area contributed by atoms with Gasteiger partial charge in [0, 0.05) is 28.6 Å². The number of Topliss-reactive ketones (excluding diaryl/α,β-unsaturated/α-hetero) is 1. The second-order valence-corrected chi connectivity index (χ2v) is 8.01. The van der Waals surface area contributed by atoms with Crippen LogP contribution in [0.15, 0.2) is 35.7 Å². The Hall–Kier alpha value is -2.56. The zero-order valence-corrected chi connectivity index (χ0v) is 14.5. The van der Waals surface area contributed by atoms with Crippen molar-refractivity contribution in [2.45, 2.75) is 44.7 Å². The van der Waals surface area contributed by atoms with Crippen molar-refractivity contribution in [1.29, 1.82) is 0 Å². The number of nitrogens with one attached hydrogen (secondary N) is 1. The fourth-order valence-electron chi connectivity index (χ4n) is 5.47. The van der Waals surface area contributed by atoms with E-state index < -0.39 is 11.6 Å². The minimum atomic E-state index is -0.446. The lowest BCUT2D eigenvalue weighted by atomic mass is 9.69. The number of H-pyrrole nitrogens is 1. The van der Waals surface area contributed by atoms with Crippen LogP contribution in [0, 0.1) is 5.92 Å². The summed E-state index contributed by atoms with van der Waals surface area (Å²) in [5, 5.41) is 12.0. The van der Waals surface area contributed by atoms with Gasteiger partial charge in [-0.2, -0.15) is 0 Å². The van der Waals surface area contributed by atoms with Gasteiger partial charge in [-0.25, -0.2) is 0 Å². The molecule has 2 N–H and O–H groups in total. The Morgan fingerprint density at radius 1 is 1.36 bits per heavy atom. The summed E-state index contributed by atoms with van der Waals surface area (Å²) in [4.78, 5) is 29.9. The number of rotatable bonds is 1. The van der Waals surface area contributed by atoms with Crippen molar-refractivity contribution in [3.05, 3.63) is 46.9 Å². The molecule has 3 atom stereocenters. The fraction of sp³-hybridized carbons (Fsp3) is 0.400. The van der Waals surface area contributed by atoms with Gasteiger partial charge >= 0.3 is 0 Å². The second-order valence-electron chi connectivity index (χ2n) is 8.01. The number of amides is 1. The standard InChI is InChI=1S/C20H20N2O3/c1-9(23)14-18(24)17-16-11-8-21-13-6-4-5-10(15(11)13)7-12(16)20(2,3)22(17)19(14)25/h4-6,8,12,16-17,21,24H,7H2,1-3H3/t12-,16-,17+/m0/s1. The van der Waals surface area contributed by atoms with Crippen molar-refractivity contribution in [1.82, 2.24) is 9.88 Å². The van der Waals surface area contributed by atoms with Gasteiger partial charge in [-0.15, -0.1) is 0 Å². The molecule has 5 rings (SSSR count). The molecule has 128 valence electrons. The molecule has 5 nitrogen and oxygen atoms in total. The van der Waals surface area contributed by atoms with Crippen molar-refractivity contribution >= 4 is 22.6 Å². The molecule has 1 aromatic carbocycles. The third kappa shape index (κ3) is 1.54. The molecule has 1 aromatic heterocycles. The first-order valence-corrected chi connectivity index (χ1v) is 8.70. The molecule has 1 saturated heterocycles.